The van der Waals surface area contributed by atoms with Crippen molar-refractivity contribution in [2.45, 2.75) is 56.8 Å². The van der Waals surface area contributed by atoms with Gasteiger partial charge in [-0.3, -0.25) is 15.1 Å². The van der Waals surface area contributed by atoms with Crippen molar-refractivity contribution in [2.75, 3.05) is 20.1 Å². The molecular weight excluding hydrogens is 328 g/mol. The number of hydrogen-bond acceptors (Lipinski definition) is 5. The lowest BCUT2D eigenvalue weighted by Gasteiger charge is -2.36. The summed E-state index contributed by atoms with van der Waals surface area (Å²) in [5.74, 6) is 1.40. The van der Waals surface area contributed by atoms with Gasteiger partial charge in [-0.15, -0.1) is 0 Å². The fourth-order valence-corrected chi connectivity index (χ4v) is 4.61. The van der Waals surface area contributed by atoms with Gasteiger partial charge in [0.25, 0.3) is 0 Å². The molecule has 3 N–H and O–H groups in total. The van der Waals surface area contributed by atoms with Crippen LogP contribution in [0, 0.1) is 5.92 Å². The first kappa shape index (κ1) is 17.8. The van der Waals surface area contributed by atoms with Crippen LogP contribution in [0.2, 0.25) is 0 Å². The Morgan fingerprint density at radius 3 is 2.85 bits per heavy atom. The van der Waals surface area contributed by atoms with Crippen LogP contribution >= 0.6 is 0 Å². The normalized spacial score (nSPS) is 29.5. The molecule has 0 bridgehead atoms. The lowest BCUT2D eigenvalue weighted by atomic mass is 9.87. The van der Waals surface area contributed by atoms with Crippen molar-refractivity contribution in [3.63, 3.8) is 0 Å². The first-order valence-electron chi connectivity index (χ1n) is 9.94. The van der Waals surface area contributed by atoms with E-state index in [1.54, 1.807) is 7.05 Å². The number of carbonyl (C=O) groups is 1. The molecule has 2 heterocycles. The zero-order valence-electron chi connectivity index (χ0n) is 15.5. The van der Waals surface area contributed by atoms with E-state index in [1.807, 2.05) is 0 Å². The minimum absolute atomic E-state index is 0.0665. The Morgan fingerprint density at radius 1 is 1.23 bits per heavy atom. The number of para-hydroxylation sites is 1. The molecule has 1 saturated carbocycles. The van der Waals surface area contributed by atoms with Gasteiger partial charge in [-0.2, -0.15) is 0 Å². The van der Waals surface area contributed by atoms with Crippen LogP contribution in [0.3, 0.4) is 0 Å². The maximum atomic E-state index is 12.1. The summed E-state index contributed by atoms with van der Waals surface area (Å²) in [6.45, 7) is 2.83. The van der Waals surface area contributed by atoms with Crippen LogP contribution in [0.4, 0.5) is 0 Å². The first-order valence-corrected chi connectivity index (χ1v) is 9.94. The second kappa shape index (κ2) is 7.94. The van der Waals surface area contributed by atoms with Crippen molar-refractivity contribution in [1.82, 2.24) is 21.1 Å². The molecule has 0 radical (unpaired) electrons. The SMILES string of the molecule is CNC(=O)C1NNC2CCN(Cc3ccccc3OC3CCCC3)CC21. The molecule has 1 aliphatic carbocycles. The number of nitrogens with one attached hydrogen (secondary N) is 3. The molecule has 6 nitrogen and oxygen atoms in total. The summed E-state index contributed by atoms with van der Waals surface area (Å²) in [5.41, 5.74) is 7.74. The number of amides is 1. The van der Waals surface area contributed by atoms with Crippen molar-refractivity contribution in [2.24, 2.45) is 5.92 Å². The Hall–Kier alpha value is -1.63. The molecule has 3 atom stereocenters. The number of likely N-dealkylation sites (tertiary alicyclic amines) is 1. The summed E-state index contributed by atoms with van der Waals surface area (Å²) in [6.07, 6.45) is 6.34. The van der Waals surface area contributed by atoms with Gasteiger partial charge in [0.2, 0.25) is 5.91 Å². The largest absolute Gasteiger partial charge is 0.490 e. The van der Waals surface area contributed by atoms with Crippen LogP contribution in [-0.2, 0) is 11.3 Å². The molecule has 1 amide bonds. The second-order valence-corrected chi connectivity index (χ2v) is 7.81. The van der Waals surface area contributed by atoms with Crippen molar-refractivity contribution >= 4 is 5.91 Å². The van der Waals surface area contributed by atoms with Gasteiger partial charge in [0.1, 0.15) is 11.8 Å². The smallest absolute Gasteiger partial charge is 0.238 e. The third kappa shape index (κ3) is 3.72. The van der Waals surface area contributed by atoms with E-state index in [9.17, 15) is 4.79 Å². The lowest BCUT2D eigenvalue weighted by Crippen LogP contribution is -2.49. The average molecular weight is 358 g/mol. The highest BCUT2D eigenvalue weighted by Gasteiger charge is 2.42. The molecule has 0 spiro atoms. The number of rotatable bonds is 5. The number of fused-ring (bicyclic) bond motifs is 1. The number of hydrogen-bond donors (Lipinski definition) is 3. The van der Waals surface area contributed by atoms with Crippen LogP contribution in [0.15, 0.2) is 24.3 Å². The average Bonchev–Trinajstić information content (AvgIpc) is 3.32. The standard InChI is InChI=1S/C20H30N4O2/c1-21-20(25)19-16-13-24(11-10-17(16)22-23-19)12-14-6-2-5-9-18(14)26-15-7-3-4-8-15/h2,5-6,9,15-17,19,22-23H,3-4,7-8,10-13H2,1H3,(H,21,25). The summed E-state index contributed by atoms with van der Waals surface area (Å²) >= 11 is 0. The number of likely N-dealkylation sites (N-methyl/N-ethyl adjacent to an activating group) is 1. The number of piperidine rings is 1. The zero-order chi connectivity index (χ0) is 17.9. The van der Waals surface area contributed by atoms with E-state index in [1.165, 1.54) is 31.2 Å². The van der Waals surface area contributed by atoms with Gasteiger partial charge < -0.3 is 10.1 Å². The zero-order valence-corrected chi connectivity index (χ0v) is 15.5. The second-order valence-electron chi connectivity index (χ2n) is 7.81. The maximum Gasteiger partial charge on any atom is 0.238 e. The van der Waals surface area contributed by atoms with Gasteiger partial charge in [0.05, 0.1) is 6.10 Å². The highest BCUT2D eigenvalue weighted by atomic mass is 16.5. The molecule has 2 aliphatic heterocycles. The van der Waals surface area contributed by atoms with Crippen LogP contribution in [0.25, 0.3) is 0 Å². The third-order valence-electron chi connectivity index (χ3n) is 6.09. The fourth-order valence-electron chi connectivity index (χ4n) is 4.61. The summed E-state index contributed by atoms with van der Waals surface area (Å²) in [6, 6.07) is 8.66. The van der Waals surface area contributed by atoms with Crippen molar-refractivity contribution in [1.29, 1.82) is 0 Å². The molecule has 0 aromatic heterocycles. The maximum absolute atomic E-state index is 12.1. The molecule has 26 heavy (non-hydrogen) atoms. The van der Waals surface area contributed by atoms with Crippen LogP contribution in [0.1, 0.15) is 37.7 Å². The van der Waals surface area contributed by atoms with Gasteiger partial charge in [0, 0.05) is 44.2 Å². The number of hydrazine groups is 1. The van der Waals surface area contributed by atoms with Crippen molar-refractivity contribution in [3.05, 3.63) is 29.8 Å². The molecule has 4 rings (SSSR count). The van der Waals surface area contributed by atoms with Crippen LogP contribution in [-0.4, -0.2) is 49.1 Å². The molecule has 1 aromatic carbocycles. The van der Waals surface area contributed by atoms with E-state index >= 15 is 0 Å². The van der Waals surface area contributed by atoms with Gasteiger partial charge in [0.15, 0.2) is 0 Å². The summed E-state index contributed by atoms with van der Waals surface area (Å²) in [5, 5.41) is 2.77. The number of nitrogens with zero attached hydrogens (tertiary/aromatic N) is 1. The predicted octanol–water partition coefficient (Wildman–Crippen LogP) is 1.42. The van der Waals surface area contributed by atoms with Gasteiger partial charge in [-0.05, 0) is 38.2 Å². The Morgan fingerprint density at radius 2 is 2.04 bits per heavy atom. The minimum Gasteiger partial charge on any atom is -0.490 e. The highest BCUT2D eigenvalue weighted by molar-refractivity contribution is 5.82. The fraction of sp³-hybridized carbons (Fsp3) is 0.650. The number of benzene rings is 1. The first-order chi connectivity index (χ1) is 12.7. The van der Waals surface area contributed by atoms with Gasteiger partial charge in [-0.25, -0.2) is 5.43 Å². The van der Waals surface area contributed by atoms with Crippen LogP contribution in [0.5, 0.6) is 5.75 Å². The quantitative estimate of drug-likeness (QED) is 0.743. The van der Waals surface area contributed by atoms with E-state index in [0.29, 0.717) is 18.1 Å². The van der Waals surface area contributed by atoms with Crippen LogP contribution < -0.4 is 20.9 Å². The Kier molecular flexibility index (Phi) is 5.43. The Labute approximate surface area is 155 Å². The molecule has 142 valence electrons. The third-order valence-corrected chi connectivity index (χ3v) is 6.09. The molecule has 6 heteroatoms. The lowest BCUT2D eigenvalue weighted by molar-refractivity contribution is -0.123. The molecule has 3 unspecified atom stereocenters. The minimum atomic E-state index is -0.155. The molecular formula is C20H30N4O2. The predicted molar refractivity (Wildman–Crippen MR) is 101 cm³/mol. The van der Waals surface area contributed by atoms with Gasteiger partial charge in [-0.1, -0.05) is 18.2 Å². The van der Waals surface area contributed by atoms with Crippen molar-refractivity contribution < 1.29 is 9.53 Å². The molecule has 2 saturated heterocycles. The van der Waals surface area contributed by atoms with Crippen molar-refractivity contribution in [3.8, 4) is 5.75 Å². The summed E-state index contributed by atoms with van der Waals surface area (Å²) in [4.78, 5) is 14.6. The van der Waals surface area contributed by atoms with E-state index in [2.05, 4.69) is 45.3 Å². The Bertz CT molecular complexity index is 632. The Balaban J connectivity index is 1.42. The summed E-state index contributed by atoms with van der Waals surface area (Å²) < 4.78 is 6.30. The molecule has 3 fully saturated rings. The summed E-state index contributed by atoms with van der Waals surface area (Å²) in [7, 11) is 1.70. The van der Waals surface area contributed by atoms with Gasteiger partial charge >= 0.3 is 0 Å². The van der Waals surface area contributed by atoms with E-state index < -0.39 is 0 Å². The van der Waals surface area contributed by atoms with E-state index in [-0.39, 0.29) is 11.9 Å². The molecule has 3 aliphatic rings. The monoisotopic (exact) mass is 358 g/mol. The topological polar surface area (TPSA) is 65.6 Å². The highest BCUT2D eigenvalue weighted by Crippen LogP contribution is 2.30. The van der Waals surface area contributed by atoms with E-state index in [0.717, 1.165) is 31.8 Å². The van der Waals surface area contributed by atoms with E-state index in [4.69, 9.17) is 4.74 Å². The number of ether oxygens (including phenoxy) is 1. The molecule has 1 aromatic rings. The number of carbonyl (C=O) groups excluding carboxylic acids is 1.